The third kappa shape index (κ3) is 2.77. The maximum Gasteiger partial charge on any atom is 0.142 e. The van der Waals surface area contributed by atoms with Crippen molar-refractivity contribution in [3.8, 4) is 0 Å². The molecule has 0 aromatic rings. The van der Waals surface area contributed by atoms with Crippen molar-refractivity contribution in [3.05, 3.63) is 0 Å². The molecule has 0 amide bonds. The zero-order valence-corrected chi connectivity index (χ0v) is 12.4. The molecule has 0 aromatic carbocycles. The molecular formula is C15H28N2O. The number of Topliss-reactive ketones (excluding diaryl/α,β-unsaturated/α-hetero) is 1. The standard InChI is InChI=1S/C15H28N2O/c1-5-17-9-8-16(10-12(17)2)11-13-6-7-15(3,4)14(13)18/h12-13H,5-11H2,1-4H3. The van der Waals surface area contributed by atoms with E-state index >= 15 is 0 Å². The summed E-state index contributed by atoms with van der Waals surface area (Å²) in [5, 5.41) is 0. The molecule has 1 aliphatic heterocycles. The largest absolute Gasteiger partial charge is 0.300 e. The van der Waals surface area contributed by atoms with Gasteiger partial charge in [-0.25, -0.2) is 0 Å². The van der Waals surface area contributed by atoms with Crippen molar-refractivity contribution in [3.63, 3.8) is 0 Å². The van der Waals surface area contributed by atoms with Gasteiger partial charge in [-0.15, -0.1) is 0 Å². The summed E-state index contributed by atoms with van der Waals surface area (Å²) in [6.07, 6.45) is 2.16. The van der Waals surface area contributed by atoms with Gasteiger partial charge in [0.05, 0.1) is 0 Å². The molecule has 2 atom stereocenters. The van der Waals surface area contributed by atoms with Crippen molar-refractivity contribution in [2.24, 2.45) is 11.3 Å². The highest BCUT2D eigenvalue weighted by Crippen LogP contribution is 2.37. The number of carbonyl (C=O) groups excluding carboxylic acids is 1. The molecule has 0 radical (unpaired) electrons. The minimum Gasteiger partial charge on any atom is -0.300 e. The Morgan fingerprint density at radius 3 is 2.56 bits per heavy atom. The monoisotopic (exact) mass is 252 g/mol. The van der Waals surface area contributed by atoms with Gasteiger partial charge in [0.25, 0.3) is 0 Å². The van der Waals surface area contributed by atoms with Crippen LogP contribution in [0.25, 0.3) is 0 Å². The summed E-state index contributed by atoms with van der Waals surface area (Å²) in [4.78, 5) is 17.3. The first kappa shape index (κ1) is 14.0. The van der Waals surface area contributed by atoms with Gasteiger partial charge in [0.1, 0.15) is 5.78 Å². The zero-order chi connectivity index (χ0) is 13.3. The number of nitrogens with zero attached hydrogens (tertiary/aromatic N) is 2. The average molecular weight is 252 g/mol. The van der Waals surface area contributed by atoms with E-state index in [1.807, 2.05) is 0 Å². The summed E-state index contributed by atoms with van der Waals surface area (Å²) in [6.45, 7) is 14.3. The van der Waals surface area contributed by atoms with Crippen LogP contribution in [0.4, 0.5) is 0 Å². The summed E-state index contributed by atoms with van der Waals surface area (Å²) in [5.74, 6) is 0.786. The summed E-state index contributed by atoms with van der Waals surface area (Å²) < 4.78 is 0. The molecule has 2 fully saturated rings. The highest BCUT2D eigenvalue weighted by molar-refractivity contribution is 5.88. The molecule has 0 spiro atoms. The van der Waals surface area contributed by atoms with E-state index < -0.39 is 0 Å². The molecule has 2 unspecified atom stereocenters. The predicted octanol–water partition coefficient (Wildman–Crippen LogP) is 2.02. The second kappa shape index (κ2) is 5.30. The lowest BCUT2D eigenvalue weighted by atomic mass is 9.89. The van der Waals surface area contributed by atoms with Crippen LogP contribution in [0.1, 0.15) is 40.5 Å². The molecule has 1 aliphatic carbocycles. The minimum atomic E-state index is -0.0679. The summed E-state index contributed by atoms with van der Waals surface area (Å²) >= 11 is 0. The molecule has 0 N–H and O–H groups in total. The van der Waals surface area contributed by atoms with Gasteiger partial charge in [0.15, 0.2) is 0 Å². The normalized spacial score (nSPS) is 34.1. The van der Waals surface area contributed by atoms with Crippen LogP contribution in [0.2, 0.25) is 0 Å². The maximum atomic E-state index is 12.3. The van der Waals surface area contributed by atoms with Gasteiger partial charge in [0, 0.05) is 43.6 Å². The van der Waals surface area contributed by atoms with Gasteiger partial charge in [-0.1, -0.05) is 20.8 Å². The second-order valence-corrected chi connectivity index (χ2v) is 6.72. The topological polar surface area (TPSA) is 23.6 Å². The Hall–Kier alpha value is -0.410. The maximum absolute atomic E-state index is 12.3. The first-order valence-corrected chi connectivity index (χ1v) is 7.44. The van der Waals surface area contributed by atoms with Crippen molar-refractivity contribution in [1.82, 2.24) is 9.80 Å². The molecule has 3 heteroatoms. The lowest BCUT2D eigenvalue weighted by Crippen LogP contribution is -2.52. The van der Waals surface area contributed by atoms with E-state index in [4.69, 9.17) is 0 Å². The quantitative estimate of drug-likeness (QED) is 0.768. The van der Waals surface area contributed by atoms with Crippen LogP contribution in [0.5, 0.6) is 0 Å². The smallest absolute Gasteiger partial charge is 0.142 e. The van der Waals surface area contributed by atoms with Gasteiger partial charge in [-0.05, 0) is 26.3 Å². The molecule has 104 valence electrons. The minimum absolute atomic E-state index is 0.0679. The van der Waals surface area contributed by atoms with Crippen LogP contribution in [0.3, 0.4) is 0 Å². The van der Waals surface area contributed by atoms with Gasteiger partial charge in [0.2, 0.25) is 0 Å². The van der Waals surface area contributed by atoms with Crippen LogP contribution in [-0.2, 0) is 4.79 Å². The Morgan fingerprint density at radius 2 is 2.06 bits per heavy atom. The Kier molecular flexibility index (Phi) is 4.12. The van der Waals surface area contributed by atoms with Crippen LogP contribution in [0, 0.1) is 11.3 Å². The van der Waals surface area contributed by atoms with Crippen molar-refractivity contribution in [2.75, 3.05) is 32.7 Å². The second-order valence-electron chi connectivity index (χ2n) is 6.72. The van der Waals surface area contributed by atoms with Crippen LogP contribution in [0.15, 0.2) is 0 Å². The third-order valence-corrected chi connectivity index (χ3v) is 4.89. The fraction of sp³-hybridized carbons (Fsp3) is 0.933. The van der Waals surface area contributed by atoms with Crippen molar-refractivity contribution in [2.45, 2.75) is 46.6 Å². The molecule has 1 saturated heterocycles. The van der Waals surface area contributed by atoms with Crippen LogP contribution in [-0.4, -0.2) is 54.3 Å². The van der Waals surface area contributed by atoms with E-state index in [1.165, 1.54) is 0 Å². The number of rotatable bonds is 3. The zero-order valence-electron chi connectivity index (χ0n) is 12.4. The molecule has 0 aromatic heterocycles. The van der Waals surface area contributed by atoms with Crippen molar-refractivity contribution < 1.29 is 4.79 Å². The highest BCUT2D eigenvalue weighted by Gasteiger charge is 2.41. The first-order valence-electron chi connectivity index (χ1n) is 7.44. The Balaban J connectivity index is 1.87. The van der Waals surface area contributed by atoms with E-state index in [0.717, 1.165) is 45.6 Å². The van der Waals surface area contributed by atoms with E-state index in [1.54, 1.807) is 0 Å². The van der Waals surface area contributed by atoms with E-state index in [2.05, 4.69) is 37.5 Å². The third-order valence-electron chi connectivity index (χ3n) is 4.89. The van der Waals surface area contributed by atoms with E-state index in [0.29, 0.717) is 17.7 Å². The average Bonchev–Trinajstić information content (AvgIpc) is 2.57. The Morgan fingerprint density at radius 1 is 1.33 bits per heavy atom. The summed E-state index contributed by atoms with van der Waals surface area (Å²) in [5.41, 5.74) is -0.0679. The Labute approximate surface area is 112 Å². The number of carbonyl (C=O) groups is 1. The number of piperazine rings is 1. The lowest BCUT2D eigenvalue weighted by molar-refractivity contribution is -0.128. The van der Waals surface area contributed by atoms with Crippen molar-refractivity contribution in [1.29, 1.82) is 0 Å². The summed E-state index contributed by atoms with van der Waals surface area (Å²) in [7, 11) is 0. The predicted molar refractivity (Wildman–Crippen MR) is 74.7 cm³/mol. The molecule has 2 aliphatic rings. The molecule has 1 heterocycles. The molecular weight excluding hydrogens is 224 g/mol. The molecule has 3 nitrogen and oxygen atoms in total. The van der Waals surface area contributed by atoms with Gasteiger partial charge in [-0.3, -0.25) is 14.6 Å². The van der Waals surface area contributed by atoms with Gasteiger partial charge in [-0.2, -0.15) is 0 Å². The summed E-state index contributed by atoms with van der Waals surface area (Å²) in [6, 6.07) is 0.633. The first-order chi connectivity index (χ1) is 8.44. The fourth-order valence-corrected chi connectivity index (χ4v) is 3.53. The molecule has 0 bridgehead atoms. The molecule has 1 saturated carbocycles. The van der Waals surface area contributed by atoms with Crippen molar-refractivity contribution >= 4 is 5.78 Å². The SMILES string of the molecule is CCN1CCN(CC2CCC(C)(C)C2=O)CC1C. The van der Waals surface area contributed by atoms with Gasteiger partial charge >= 0.3 is 0 Å². The number of likely N-dealkylation sites (N-methyl/N-ethyl adjacent to an activating group) is 1. The fourth-order valence-electron chi connectivity index (χ4n) is 3.53. The van der Waals surface area contributed by atoms with E-state index in [-0.39, 0.29) is 5.41 Å². The van der Waals surface area contributed by atoms with Crippen LogP contribution < -0.4 is 0 Å². The van der Waals surface area contributed by atoms with Gasteiger partial charge < -0.3 is 0 Å². The Bertz CT molecular complexity index is 314. The van der Waals surface area contributed by atoms with Crippen LogP contribution >= 0.6 is 0 Å². The molecule has 2 rings (SSSR count). The number of ketones is 1. The number of hydrogen-bond donors (Lipinski definition) is 0. The lowest BCUT2D eigenvalue weighted by Gasteiger charge is -2.40. The highest BCUT2D eigenvalue weighted by atomic mass is 16.1. The number of hydrogen-bond acceptors (Lipinski definition) is 3. The molecule has 18 heavy (non-hydrogen) atoms. The van der Waals surface area contributed by atoms with E-state index in [9.17, 15) is 4.79 Å².